The first-order valence-corrected chi connectivity index (χ1v) is 8.79. The topological polar surface area (TPSA) is 70.6 Å². The Morgan fingerprint density at radius 2 is 2.27 bits per heavy atom. The molecule has 0 aromatic carbocycles. The van der Waals surface area contributed by atoms with Crippen molar-refractivity contribution in [1.82, 2.24) is 10.6 Å². The second-order valence-electron chi connectivity index (χ2n) is 5.88. The molecule has 0 saturated heterocycles. The summed E-state index contributed by atoms with van der Waals surface area (Å²) in [5, 5.41) is 19.6. The van der Waals surface area contributed by atoms with Crippen molar-refractivity contribution >= 4 is 17.4 Å². The molecule has 22 heavy (non-hydrogen) atoms. The highest BCUT2D eigenvalue weighted by molar-refractivity contribution is 7.07. The van der Waals surface area contributed by atoms with Crippen LogP contribution in [0, 0.1) is 5.41 Å². The zero-order chi connectivity index (χ0) is 16.2. The summed E-state index contributed by atoms with van der Waals surface area (Å²) >= 11 is 1.53. The summed E-state index contributed by atoms with van der Waals surface area (Å²) in [6, 6.07) is 1.77. The summed E-state index contributed by atoms with van der Waals surface area (Å²) in [7, 11) is 1.73. The normalized spacial score (nSPS) is 24.4. The molecule has 1 aliphatic rings. The third-order valence-electron chi connectivity index (χ3n) is 5.08. The van der Waals surface area contributed by atoms with E-state index in [9.17, 15) is 9.90 Å². The highest BCUT2D eigenvalue weighted by Crippen LogP contribution is 2.48. The van der Waals surface area contributed by atoms with Gasteiger partial charge >= 0.3 is 6.03 Å². The number of methoxy groups -OCH3 is 1. The Bertz CT molecular complexity index is 474. The molecule has 0 spiro atoms. The predicted octanol–water partition coefficient (Wildman–Crippen LogP) is 2.67. The summed E-state index contributed by atoms with van der Waals surface area (Å²) in [4.78, 5) is 12.1. The smallest absolute Gasteiger partial charge is 0.315 e. The number of aliphatic hydroxyl groups is 1. The van der Waals surface area contributed by atoms with Crippen LogP contribution in [0.15, 0.2) is 16.8 Å². The standard InChI is InChI=1S/C16H26N2O3S/c1-4-16(5-2)13(8-14(16)21-3)18-15(20)17-9-12(19)11-6-7-22-10-11/h6-7,10,12-14,19H,4-5,8-9H2,1-3H3,(H2,17,18,20). The lowest BCUT2D eigenvalue weighted by Gasteiger charge is -2.55. The number of carbonyl (C=O) groups excluding carboxylic acids is 1. The fourth-order valence-electron chi connectivity index (χ4n) is 3.46. The van der Waals surface area contributed by atoms with Gasteiger partial charge in [-0.05, 0) is 41.7 Å². The van der Waals surface area contributed by atoms with Crippen LogP contribution < -0.4 is 10.6 Å². The van der Waals surface area contributed by atoms with Gasteiger partial charge in [0.15, 0.2) is 0 Å². The Hall–Kier alpha value is -1.11. The average molecular weight is 326 g/mol. The van der Waals surface area contributed by atoms with E-state index < -0.39 is 6.10 Å². The number of ether oxygens (including phenoxy) is 1. The number of rotatable bonds is 7. The molecule has 1 aromatic heterocycles. The van der Waals surface area contributed by atoms with Gasteiger partial charge in [-0.25, -0.2) is 4.79 Å². The van der Waals surface area contributed by atoms with E-state index in [1.165, 1.54) is 11.3 Å². The summed E-state index contributed by atoms with van der Waals surface area (Å²) < 4.78 is 5.53. The van der Waals surface area contributed by atoms with Gasteiger partial charge in [-0.3, -0.25) is 0 Å². The van der Waals surface area contributed by atoms with Gasteiger partial charge in [-0.15, -0.1) is 0 Å². The number of hydrogen-bond acceptors (Lipinski definition) is 4. The molecule has 2 amide bonds. The quantitative estimate of drug-likeness (QED) is 0.721. The fraction of sp³-hybridized carbons (Fsp3) is 0.688. The van der Waals surface area contributed by atoms with Crippen molar-refractivity contribution in [2.24, 2.45) is 5.41 Å². The lowest BCUT2D eigenvalue weighted by Crippen LogP contribution is -2.65. The molecule has 6 heteroatoms. The number of carbonyl (C=O) groups is 1. The van der Waals surface area contributed by atoms with Crippen molar-refractivity contribution < 1.29 is 14.6 Å². The van der Waals surface area contributed by atoms with Crippen molar-refractivity contribution in [3.05, 3.63) is 22.4 Å². The number of aliphatic hydroxyl groups excluding tert-OH is 1. The fourth-order valence-corrected chi connectivity index (χ4v) is 4.17. The second kappa shape index (κ2) is 7.44. The minimum Gasteiger partial charge on any atom is -0.387 e. The Morgan fingerprint density at radius 3 is 2.82 bits per heavy atom. The van der Waals surface area contributed by atoms with Crippen LogP contribution in [0.1, 0.15) is 44.8 Å². The molecule has 3 unspecified atom stereocenters. The third kappa shape index (κ3) is 3.29. The number of urea groups is 1. The molecular weight excluding hydrogens is 300 g/mol. The molecule has 0 radical (unpaired) electrons. The molecule has 1 aromatic rings. The van der Waals surface area contributed by atoms with Crippen LogP contribution in [0.2, 0.25) is 0 Å². The van der Waals surface area contributed by atoms with Gasteiger partial charge in [-0.2, -0.15) is 11.3 Å². The van der Waals surface area contributed by atoms with Gasteiger partial charge < -0.3 is 20.5 Å². The van der Waals surface area contributed by atoms with Crippen LogP contribution in [-0.2, 0) is 4.74 Å². The first kappa shape index (κ1) is 17.2. The Balaban J connectivity index is 1.82. The van der Waals surface area contributed by atoms with E-state index in [2.05, 4.69) is 24.5 Å². The maximum absolute atomic E-state index is 12.1. The van der Waals surface area contributed by atoms with Gasteiger partial charge in [0.2, 0.25) is 0 Å². The third-order valence-corrected chi connectivity index (χ3v) is 5.78. The molecule has 124 valence electrons. The maximum Gasteiger partial charge on any atom is 0.315 e. The molecule has 1 fully saturated rings. The first-order chi connectivity index (χ1) is 10.6. The Morgan fingerprint density at radius 1 is 1.55 bits per heavy atom. The van der Waals surface area contributed by atoms with Crippen molar-refractivity contribution in [2.75, 3.05) is 13.7 Å². The molecule has 0 bridgehead atoms. The van der Waals surface area contributed by atoms with Crippen LogP contribution >= 0.6 is 11.3 Å². The monoisotopic (exact) mass is 326 g/mol. The Kier molecular flexibility index (Phi) is 5.83. The van der Waals surface area contributed by atoms with Crippen LogP contribution in [0.5, 0.6) is 0 Å². The largest absolute Gasteiger partial charge is 0.387 e. The van der Waals surface area contributed by atoms with Crippen LogP contribution in [-0.4, -0.2) is 36.9 Å². The molecule has 1 saturated carbocycles. The van der Waals surface area contributed by atoms with E-state index in [4.69, 9.17) is 4.74 Å². The minimum atomic E-state index is -0.660. The van der Waals surface area contributed by atoms with Crippen LogP contribution in [0.25, 0.3) is 0 Å². The van der Waals surface area contributed by atoms with E-state index in [1.807, 2.05) is 16.8 Å². The van der Waals surface area contributed by atoms with E-state index in [0.717, 1.165) is 24.8 Å². The van der Waals surface area contributed by atoms with Crippen molar-refractivity contribution in [3.8, 4) is 0 Å². The van der Waals surface area contributed by atoms with Gasteiger partial charge in [0.25, 0.3) is 0 Å². The zero-order valence-corrected chi connectivity index (χ0v) is 14.3. The SMILES string of the molecule is CCC1(CC)C(NC(=O)NCC(O)c2ccsc2)CC1OC. The number of amides is 2. The second-order valence-corrected chi connectivity index (χ2v) is 6.66. The summed E-state index contributed by atoms with van der Waals surface area (Å²) in [6.07, 6.45) is 2.35. The molecule has 3 atom stereocenters. The minimum absolute atomic E-state index is 0.0259. The lowest BCUT2D eigenvalue weighted by molar-refractivity contribution is -0.119. The van der Waals surface area contributed by atoms with Crippen molar-refractivity contribution in [3.63, 3.8) is 0 Å². The van der Waals surface area contributed by atoms with E-state index in [1.54, 1.807) is 7.11 Å². The van der Waals surface area contributed by atoms with Crippen LogP contribution in [0.3, 0.4) is 0 Å². The number of thiophene rings is 1. The zero-order valence-electron chi connectivity index (χ0n) is 13.5. The lowest BCUT2D eigenvalue weighted by atomic mass is 9.58. The molecule has 1 aliphatic carbocycles. The molecule has 1 heterocycles. The molecule has 0 aliphatic heterocycles. The van der Waals surface area contributed by atoms with E-state index in [-0.39, 0.29) is 30.1 Å². The molecule has 3 N–H and O–H groups in total. The van der Waals surface area contributed by atoms with E-state index in [0.29, 0.717) is 0 Å². The summed E-state index contributed by atoms with van der Waals surface area (Å²) in [5.74, 6) is 0. The van der Waals surface area contributed by atoms with Gasteiger partial charge in [-0.1, -0.05) is 13.8 Å². The molecule has 2 rings (SSSR count). The highest BCUT2D eigenvalue weighted by atomic mass is 32.1. The summed E-state index contributed by atoms with van der Waals surface area (Å²) in [5.41, 5.74) is 0.864. The number of hydrogen-bond donors (Lipinski definition) is 3. The number of nitrogens with one attached hydrogen (secondary N) is 2. The molecular formula is C16H26N2O3S. The highest BCUT2D eigenvalue weighted by Gasteiger charge is 2.53. The molecule has 5 nitrogen and oxygen atoms in total. The van der Waals surface area contributed by atoms with Crippen molar-refractivity contribution in [1.29, 1.82) is 0 Å². The first-order valence-electron chi connectivity index (χ1n) is 7.84. The summed E-state index contributed by atoms with van der Waals surface area (Å²) in [6.45, 7) is 4.50. The predicted molar refractivity (Wildman–Crippen MR) is 88.0 cm³/mol. The Labute approximate surface area is 136 Å². The average Bonchev–Trinajstić information content (AvgIpc) is 3.04. The van der Waals surface area contributed by atoms with Gasteiger partial charge in [0.1, 0.15) is 0 Å². The maximum atomic E-state index is 12.1. The van der Waals surface area contributed by atoms with Gasteiger partial charge in [0.05, 0.1) is 12.2 Å². The van der Waals surface area contributed by atoms with Crippen LogP contribution in [0.4, 0.5) is 4.79 Å². The van der Waals surface area contributed by atoms with E-state index >= 15 is 0 Å². The van der Waals surface area contributed by atoms with Gasteiger partial charge in [0, 0.05) is 25.1 Å². The van der Waals surface area contributed by atoms with Crippen molar-refractivity contribution in [2.45, 2.75) is 51.4 Å².